The van der Waals surface area contributed by atoms with Crippen LogP contribution < -0.4 is 5.32 Å². The molecule has 0 unspecified atom stereocenters. The number of nitrogens with one attached hydrogen (secondary N) is 1. The van der Waals surface area contributed by atoms with Gasteiger partial charge in [-0.2, -0.15) is 4.98 Å². The molecule has 5 rings (SSSR count). The number of aromatic nitrogens is 4. The first-order valence-corrected chi connectivity index (χ1v) is 12.7. The summed E-state index contributed by atoms with van der Waals surface area (Å²) < 4.78 is 28.9. The van der Waals surface area contributed by atoms with E-state index in [0.29, 0.717) is 62.1 Å². The zero-order valence-electron chi connectivity index (χ0n) is 19.4. The lowest BCUT2D eigenvalue weighted by atomic mass is 9.89. The molecule has 6 nitrogen and oxygen atoms in total. The minimum absolute atomic E-state index is 0.219. The van der Waals surface area contributed by atoms with Crippen LogP contribution in [0.15, 0.2) is 36.5 Å². The molecular weight excluding hydrogens is 507 g/mol. The number of fused-ring (bicyclic) bond motifs is 1. The molecule has 1 fully saturated rings. The predicted octanol–water partition coefficient (Wildman–Crippen LogP) is 6.76. The average Bonchev–Trinajstić information content (AvgIpc) is 3.22. The summed E-state index contributed by atoms with van der Waals surface area (Å²) in [7, 11) is 0. The Hall–Kier alpha value is -2.81. The van der Waals surface area contributed by atoms with Crippen molar-refractivity contribution in [3.8, 4) is 11.4 Å². The van der Waals surface area contributed by atoms with Crippen LogP contribution in [0.4, 0.5) is 14.7 Å². The molecule has 2 aromatic carbocycles. The lowest BCUT2D eigenvalue weighted by Crippen LogP contribution is -2.16. The van der Waals surface area contributed by atoms with Crippen LogP contribution in [0.25, 0.3) is 22.6 Å². The number of imidazole rings is 1. The molecule has 1 aliphatic carbocycles. The summed E-state index contributed by atoms with van der Waals surface area (Å²) in [5.41, 5.74) is 2.89. The van der Waals surface area contributed by atoms with Gasteiger partial charge in [0.1, 0.15) is 11.3 Å². The number of rotatable bonds is 7. The van der Waals surface area contributed by atoms with Crippen molar-refractivity contribution in [2.75, 3.05) is 5.32 Å². The Morgan fingerprint density at radius 1 is 1.03 bits per heavy atom. The number of halogens is 4. The molecule has 2 heterocycles. The van der Waals surface area contributed by atoms with Gasteiger partial charge in [-0.15, -0.1) is 0 Å². The van der Waals surface area contributed by atoms with E-state index in [2.05, 4.69) is 10.3 Å². The molecule has 0 saturated heterocycles. The summed E-state index contributed by atoms with van der Waals surface area (Å²) in [6.07, 6.45) is 7.46. The number of nitrogens with zero attached hydrogens (tertiary/aromatic N) is 4. The first kappa shape index (κ1) is 24.9. The molecule has 0 radical (unpaired) electrons. The Balaban J connectivity index is 1.55. The summed E-state index contributed by atoms with van der Waals surface area (Å²) in [5, 5.41) is 13.6. The first-order chi connectivity index (χ1) is 17.4. The number of benzene rings is 2. The third-order valence-corrected chi connectivity index (χ3v) is 7.40. The Morgan fingerprint density at radius 2 is 1.83 bits per heavy atom. The Labute approximate surface area is 217 Å². The van der Waals surface area contributed by atoms with Crippen molar-refractivity contribution in [1.29, 1.82) is 0 Å². The zero-order chi connectivity index (χ0) is 25.2. The van der Waals surface area contributed by atoms with Crippen molar-refractivity contribution < 1.29 is 13.9 Å². The highest BCUT2D eigenvalue weighted by Gasteiger charge is 2.24. The molecule has 0 amide bonds. The van der Waals surface area contributed by atoms with Crippen molar-refractivity contribution in [3.63, 3.8) is 0 Å². The van der Waals surface area contributed by atoms with E-state index in [-0.39, 0.29) is 13.2 Å². The molecule has 0 aliphatic heterocycles. The van der Waals surface area contributed by atoms with Crippen molar-refractivity contribution in [1.82, 2.24) is 19.5 Å². The standard InChI is InChI=1S/C26H25Cl2F2N5O/c27-18-8-7-17(14-36)23(28)22(18)25-33-21-12-32-26(31-11-16-6-9-19(29)20(30)10-16)34-24(21)35(25)13-15-4-2-1-3-5-15/h6-10,12,15,36H,1-5,11,13-14H2,(H,31,32,34). The third kappa shape index (κ3) is 5.03. The Bertz CT molecular complexity index is 1410. The number of anilines is 1. The smallest absolute Gasteiger partial charge is 0.225 e. The van der Waals surface area contributed by atoms with Gasteiger partial charge in [0.05, 0.1) is 28.4 Å². The number of aliphatic hydroxyl groups is 1. The molecule has 188 valence electrons. The second-order valence-electron chi connectivity index (χ2n) is 9.11. The molecule has 2 aromatic heterocycles. The number of aliphatic hydroxyl groups excluding tert-OH is 1. The van der Waals surface area contributed by atoms with Gasteiger partial charge in [-0.3, -0.25) is 0 Å². The van der Waals surface area contributed by atoms with E-state index in [1.54, 1.807) is 18.3 Å². The molecule has 1 aliphatic rings. The average molecular weight is 532 g/mol. The lowest BCUT2D eigenvalue weighted by molar-refractivity contribution is 0.282. The van der Waals surface area contributed by atoms with Crippen LogP contribution in [0.2, 0.25) is 10.0 Å². The second-order valence-corrected chi connectivity index (χ2v) is 9.89. The van der Waals surface area contributed by atoms with Crippen LogP contribution in [-0.4, -0.2) is 24.6 Å². The van der Waals surface area contributed by atoms with Crippen LogP contribution in [0.1, 0.15) is 43.2 Å². The van der Waals surface area contributed by atoms with E-state index in [1.165, 1.54) is 25.3 Å². The van der Waals surface area contributed by atoms with Crippen molar-refractivity contribution >= 4 is 40.3 Å². The normalized spacial score (nSPS) is 14.5. The molecule has 4 aromatic rings. The topological polar surface area (TPSA) is 75.9 Å². The molecule has 2 N–H and O–H groups in total. The van der Waals surface area contributed by atoms with Crippen LogP contribution in [0.5, 0.6) is 0 Å². The van der Waals surface area contributed by atoms with Crippen molar-refractivity contribution in [2.45, 2.75) is 51.8 Å². The lowest BCUT2D eigenvalue weighted by Gasteiger charge is -2.23. The van der Waals surface area contributed by atoms with E-state index in [4.69, 9.17) is 33.2 Å². The van der Waals surface area contributed by atoms with E-state index in [0.717, 1.165) is 25.0 Å². The van der Waals surface area contributed by atoms with Gasteiger partial charge in [-0.05, 0) is 48.1 Å². The van der Waals surface area contributed by atoms with Gasteiger partial charge in [-0.25, -0.2) is 18.7 Å². The molecule has 10 heteroatoms. The van der Waals surface area contributed by atoms with Crippen LogP contribution in [-0.2, 0) is 19.7 Å². The Morgan fingerprint density at radius 3 is 2.58 bits per heavy atom. The van der Waals surface area contributed by atoms with Gasteiger partial charge < -0.3 is 15.0 Å². The number of hydrogen-bond donors (Lipinski definition) is 2. The fraction of sp³-hybridized carbons (Fsp3) is 0.346. The van der Waals surface area contributed by atoms with E-state index >= 15 is 0 Å². The largest absolute Gasteiger partial charge is 0.392 e. The summed E-state index contributed by atoms with van der Waals surface area (Å²) in [4.78, 5) is 13.9. The van der Waals surface area contributed by atoms with E-state index in [9.17, 15) is 13.9 Å². The summed E-state index contributed by atoms with van der Waals surface area (Å²) in [6.45, 7) is 0.702. The Kier molecular flexibility index (Phi) is 7.37. The van der Waals surface area contributed by atoms with E-state index in [1.807, 2.05) is 4.57 Å². The maximum Gasteiger partial charge on any atom is 0.225 e. The van der Waals surface area contributed by atoms with Crippen molar-refractivity contribution in [3.05, 3.63) is 69.3 Å². The highest BCUT2D eigenvalue weighted by molar-refractivity contribution is 6.39. The predicted molar refractivity (Wildman–Crippen MR) is 137 cm³/mol. The van der Waals surface area contributed by atoms with Crippen molar-refractivity contribution in [2.24, 2.45) is 5.92 Å². The van der Waals surface area contributed by atoms with Crippen LogP contribution in [0, 0.1) is 17.6 Å². The van der Waals surface area contributed by atoms with Gasteiger partial charge in [0.25, 0.3) is 0 Å². The van der Waals surface area contributed by atoms with Gasteiger partial charge >= 0.3 is 0 Å². The summed E-state index contributed by atoms with van der Waals surface area (Å²) in [5.74, 6) is -0.419. The molecule has 0 spiro atoms. The maximum absolute atomic E-state index is 13.6. The minimum atomic E-state index is -0.903. The monoisotopic (exact) mass is 531 g/mol. The van der Waals surface area contributed by atoms with E-state index < -0.39 is 11.6 Å². The highest BCUT2D eigenvalue weighted by Crippen LogP contribution is 2.39. The van der Waals surface area contributed by atoms with Gasteiger partial charge in [-0.1, -0.05) is 54.6 Å². The quantitative estimate of drug-likeness (QED) is 0.275. The second kappa shape index (κ2) is 10.7. The fourth-order valence-corrected chi connectivity index (χ4v) is 5.35. The zero-order valence-corrected chi connectivity index (χ0v) is 21.0. The number of hydrogen-bond acceptors (Lipinski definition) is 5. The minimum Gasteiger partial charge on any atom is -0.392 e. The van der Waals surface area contributed by atoms with Crippen LogP contribution in [0.3, 0.4) is 0 Å². The van der Waals surface area contributed by atoms with Gasteiger partial charge in [0.15, 0.2) is 17.3 Å². The maximum atomic E-state index is 13.6. The van der Waals surface area contributed by atoms with Crippen LogP contribution >= 0.6 is 23.2 Å². The third-order valence-electron chi connectivity index (χ3n) is 6.65. The highest BCUT2D eigenvalue weighted by atomic mass is 35.5. The molecule has 0 bridgehead atoms. The molecule has 1 saturated carbocycles. The fourth-order valence-electron chi connectivity index (χ4n) is 4.75. The first-order valence-electron chi connectivity index (χ1n) is 11.9. The molecule has 0 atom stereocenters. The molecule has 36 heavy (non-hydrogen) atoms. The summed E-state index contributed by atoms with van der Waals surface area (Å²) in [6, 6.07) is 7.15. The summed E-state index contributed by atoms with van der Waals surface area (Å²) >= 11 is 13.2. The molecular formula is C26H25Cl2F2N5O. The van der Waals surface area contributed by atoms with Gasteiger partial charge in [0, 0.05) is 13.1 Å². The SMILES string of the molecule is OCc1ccc(Cl)c(-c2nc3cnc(NCc4ccc(F)c(F)c4)nc3n2CC2CCCCC2)c1Cl. The van der Waals surface area contributed by atoms with Gasteiger partial charge in [0.2, 0.25) is 5.95 Å².